The molecule has 1 aromatic heterocycles. The second-order valence-corrected chi connectivity index (χ2v) is 5.95. The maximum Gasteiger partial charge on any atom is 0.290 e. The number of hydrogen-bond donors (Lipinski definition) is 2. The molecule has 25 heavy (non-hydrogen) atoms. The molecule has 10 heteroatoms. The van der Waals surface area contributed by atoms with Crippen LogP contribution in [0.25, 0.3) is 0 Å². The van der Waals surface area contributed by atoms with E-state index in [0.717, 1.165) is 0 Å². The van der Waals surface area contributed by atoms with Crippen LogP contribution in [0.5, 0.6) is 0 Å². The van der Waals surface area contributed by atoms with Crippen LogP contribution in [0.3, 0.4) is 0 Å². The molecular weight excluding hydrogens is 330 g/mol. The van der Waals surface area contributed by atoms with E-state index in [1.807, 2.05) is 11.9 Å². The van der Waals surface area contributed by atoms with Gasteiger partial charge in [-0.25, -0.2) is 0 Å². The van der Waals surface area contributed by atoms with Gasteiger partial charge in [0.15, 0.2) is 5.82 Å². The highest BCUT2D eigenvalue weighted by molar-refractivity contribution is 5.91. The Morgan fingerprint density at radius 1 is 1.48 bits per heavy atom. The molecule has 10 nitrogen and oxygen atoms in total. The molecule has 2 aliphatic heterocycles. The van der Waals surface area contributed by atoms with Gasteiger partial charge in [0.1, 0.15) is 0 Å². The van der Waals surface area contributed by atoms with Crippen molar-refractivity contribution in [1.82, 2.24) is 19.6 Å². The van der Waals surface area contributed by atoms with Gasteiger partial charge in [0.2, 0.25) is 11.8 Å². The van der Waals surface area contributed by atoms with Gasteiger partial charge in [-0.2, -0.15) is 5.10 Å². The van der Waals surface area contributed by atoms with Crippen molar-refractivity contribution in [3.05, 3.63) is 12.3 Å². The van der Waals surface area contributed by atoms with E-state index in [9.17, 15) is 9.59 Å². The molecule has 2 atom stereocenters. The average molecular weight is 353 g/mol. The summed E-state index contributed by atoms with van der Waals surface area (Å²) >= 11 is 0. The predicted octanol–water partition coefficient (Wildman–Crippen LogP) is -1.01. The third-order valence-corrected chi connectivity index (χ3v) is 4.20. The Hall–Kier alpha value is -2.46. The van der Waals surface area contributed by atoms with Crippen molar-refractivity contribution in [1.29, 1.82) is 0 Å². The summed E-state index contributed by atoms with van der Waals surface area (Å²) in [7, 11) is 3.61. The number of carboxylic acid groups (broad SMARTS) is 1. The van der Waals surface area contributed by atoms with Gasteiger partial charge in [-0.05, 0) is 0 Å². The summed E-state index contributed by atoms with van der Waals surface area (Å²) in [6, 6.07) is 1.78. The Morgan fingerprint density at radius 3 is 2.84 bits per heavy atom. The summed E-state index contributed by atoms with van der Waals surface area (Å²) < 4.78 is 7.39. The first-order chi connectivity index (χ1) is 11.9. The molecular formula is C15H23N5O5. The Bertz CT molecular complexity index is 619. The lowest BCUT2D eigenvalue weighted by Crippen LogP contribution is -2.43. The molecule has 138 valence electrons. The van der Waals surface area contributed by atoms with Crippen LogP contribution in [-0.2, 0) is 26.2 Å². The fraction of sp³-hybridized carbons (Fsp3) is 0.600. The SMILES string of the molecule is CN1C(=O)CCO[C@H]2CN(CC(=O)Nc3ccn(C)n3)C[C@@H]21.O=CO. The number of aryl methyl sites for hydroxylation is 1. The molecule has 2 aliphatic rings. The molecule has 1 aromatic rings. The summed E-state index contributed by atoms with van der Waals surface area (Å²) in [5.41, 5.74) is 0. The van der Waals surface area contributed by atoms with Crippen LogP contribution in [0.4, 0.5) is 5.82 Å². The van der Waals surface area contributed by atoms with Crippen LogP contribution >= 0.6 is 0 Å². The summed E-state index contributed by atoms with van der Waals surface area (Å²) in [4.78, 5) is 36.1. The number of hydrogen-bond acceptors (Lipinski definition) is 6. The normalized spacial score (nSPS) is 23.3. The molecule has 0 radical (unpaired) electrons. The minimum atomic E-state index is -0.250. The smallest absolute Gasteiger partial charge is 0.290 e. The van der Waals surface area contributed by atoms with Crippen molar-refractivity contribution < 1.29 is 24.2 Å². The number of aromatic nitrogens is 2. The summed E-state index contributed by atoms with van der Waals surface area (Å²) in [5.74, 6) is 0.542. The van der Waals surface area contributed by atoms with Crippen LogP contribution in [-0.4, -0.2) is 88.4 Å². The minimum Gasteiger partial charge on any atom is -0.483 e. The standard InChI is InChI=1S/C14H21N5O3.CH2O2/c1-17-5-3-12(16-17)15-13(20)9-19-7-10-11(8-19)22-6-4-14(21)18(10)2;2-1-3/h3,5,10-11H,4,6-9H2,1-2H3,(H,15,16,20);1H,(H,2,3)/t10-,11-;/m0./s1. The molecule has 2 fully saturated rings. The Balaban J connectivity index is 0.000000701. The molecule has 3 heterocycles. The lowest BCUT2D eigenvalue weighted by atomic mass is 10.2. The average Bonchev–Trinajstić information content (AvgIpc) is 3.10. The van der Waals surface area contributed by atoms with E-state index in [2.05, 4.69) is 10.4 Å². The van der Waals surface area contributed by atoms with Gasteiger partial charge >= 0.3 is 0 Å². The molecule has 0 unspecified atom stereocenters. The predicted molar refractivity (Wildman–Crippen MR) is 87.9 cm³/mol. The van der Waals surface area contributed by atoms with Crippen LogP contribution < -0.4 is 5.32 Å². The number of carbonyl (C=O) groups is 3. The second-order valence-electron chi connectivity index (χ2n) is 5.95. The van der Waals surface area contributed by atoms with Gasteiger partial charge in [-0.3, -0.25) is 24.0 Å². The zero-order chi connectivity index (χ0) is 18.4. The van der Waals surface area contributed by atoms with E-state index >= 15 is 0 Å². The van der Waals surface area contributed by atoms with E-state index in [1.165, 1.54) is 0 Å². The number of likely N-dealkylation sites (tertiary alicyclic amines) is 1. The van der Waals surface area contributed by atoms with Gasteiger partial charge in [0.05, 0.1) is 31.7 Å². The van der Waals surface area contributed by atoms with Crippen molar-refractivity contribution in [2.75, 3.05) is 38.6 Å². The Morgan fingerprint density at radius 2 is 2.20 bits per heavy atom. The van der Waals surface area contributed by atoms with Gasteiger partial charge in [-0.15, -0.1) is 0 Å². The van der Waals surface area contributed by atoms with Crippen molar-refractivity contribution in [2.24, 2.45) is 7.05 Å². The number of likely N-dealkylation sites (N-methyl/N-ethyl adjacent to an activating group) is 1. The van der Waals surface area contributed by atoms with Gasteiger partial charge in [0, 0.05) is 39.4 Å². The fourth-order valence-electron chi connectivity index (χ4n) is 3.02. The van der Waals surface area contributed by atoms with E-state index in [1.54, 1.807) is 28.9 Å². The van der Waals surface area contributed by atoms with E-state index in [0.29, 0.717) is 31.9 Å². The minimum absolute atomic E-state index is 0.0147. The van der Waals surface area contributed by atoms with Crippen molar-refractivity contribution in [2.45, 2.75) is 18.6 Å². The maximum atomic E-state index is 12.1. The van der Waals surface area contributed by atoms with Crippen LogP contribution in [0, 0.1) is 0 Å². The molecule has 2 amide bonds. The summed E-state index contributed by atoms with van der Waals surface area (Å²) in [5, 5.41) is 13.8. The fourth-order valence-corrected chi connectivity index (χ4v) is 3.02. The molecule has 0 bridgehead atoms. The molecule has 0 aromatic carbocycles. The molecule has 3 rings (SSSR count). The van der Waals surface area contributed by atoms with Crippen LogP contribution in [0.2, 0.25) is 0 Å². The van der Waals surface area contributed by atoms with E-state index in [4.69, 9.17) is 14.6 Å². The monoisotopic (exact) mass is 353 g/mol. The zero-order valence-corrected chi connectivity index (χ0v) is 14.3. The number of amides is 2. The number of fused-ring (bicyclic) bond motifs is 1. The second kappa shape index (κ2) is 8.58. The van der Waals surface area contributed by atoms with E-state index in [-0.39, 0.29) is 37.0 Å². The molecule has 0 spiro atoms. The molecule has 0 saturated carbocycles. The van der Waals surface area contributed by atoms with Gasteiger partial charge < -0.3 is 20.1 Å². The quantitative estimate of drug-likeness (QED) is 0.669. The highest BCUT2D eigenvalue weighted by Gasteiger charge is 2.40. The number of nitrogens with zero attached hydrogens (tertiary/aromatic N) is 4. The van der Waals surface area contributed by atoms with Crippen LogP contribution in [0.15, 0.2) is 12.3 Å². The topological polar surface area (TPSA) is 117 Å². The number of rotatable bonds is 3. The first kappa shape index (κ1) is 18.9. The first-order valence-corrected chi connectivity index (χ1v) is 7.91. The van der Waals surface area contributed by atoms with Gasteiger partial charge in [0.25, 0.3) is 6.47 Å². The summed E-state index contributed by atoms with van der Waals surface area (Å²) in [6.07, 6.45) is 2.20. The Labute approximate surface area is 145 Å². The zero-order valence-electron chi connectivity index (χ0n) is 14.3. The maximum absolute atomic E-state index is 12.1. The van der Waals surface area contributed by atoms with Crippen LogP contribution in [0.1, 0.15) is 6.42 Å². The third kappa shape index (κ3) is 5.00. The number of nitrogens with one attached hydrogen (secondary N) is 1. The highest BCUT2D eigenvalue weighted by Crippen LogP contribution is 2.21. The third-order valence-electron chi connectivity index (χ3n) is 4.20. The molecule has 0 aliphatic carbocycles. The van der Waals surface area contributed by atoms with Crippen molar-refractivity contribution >= 4 is 24.1 Å². The molecule has 2 N–H and O–H groups in total. The number of anilines is 1. The molecule has 2 saturated heterocycles. The van der Waals surface area contributed by atoms with Crippen molar-refractivity contribution in [3.8, 4) is 0 Å². The number of carbonyl (C=O) groups excluding carboxylic acids is 2. The van der Waals surface area contributed by atoms with Crippen molar-refractivity contribution in [3.63, 3.8) is 0 Å². The largest absolute Gasteiger partial charge is 0.483 e. The lowest BCUT2D eigenvalue weighted by molar-refractivity contribution is -0.131. The Kier molecular flexibility index (Phi) is 6.48. The highest BCUT2D eigenvalue weighted by atomic mass is 16.5. The number of ether oxygens (including phenoxy) is 1. The summed E-state index contributed by atoms with van der Waals surface area (Å²) in [6.45, 7) is 1.80. The van der Waals surface area contributed by atoms with E-state index < -0.39 is 0 Å². The van der Waals surface area contributed by atoms with Gasteiger partial charge in [-0.1, -0.05) is 0 Å². The lowest BCUT2D eigenvalue weighted by Gasteiger charge is -2.25. The first-order valence-electron chi connectivity index (χ1n) is 7.91.